The standard InChI is InChI=1S/C14H18N2O3/c1-7-5-8(2)15-13(12(7)14(17)18)16-10-6-9-3-4-11(10)19-9/h5,9-11H,3-4,6H2,1-2H3,(H,15,16)(H,17,18). The lowest BCUT2D eigenvalue weighted by Gasteiger charge is -2.22. The Bertz CT molecular complexity index is 530. The van der Waals surface area contributed by atoms with Crippen LogP contribution in [0.5, 0.6) is 0 Å². The van der Waals surface area contributed by atoms with Crippen LogP contribution in [0.15, 0.2) is 6.07 Å². The first-order chi connectivity index (χ1) is 9.04. The summed E-state index contributed by atoms with van der Waals surface area (Å²) in [6.45, 7) is 3.68. The normalized spacial score (nSPS) is 28.6. The van der Waals surface area contributed by atoms with Crippen molar-refractivity contribution in [2.75, 3.05) is 5.32 Å². The lowest BCUT2D eigenvalue weighted by molar-refractivity contribution is 0.0696. The highest BCUT2D eigenvalue weighted by Gasteiger charge is 2.41. The van der Waals surface area contributed by atoms with Crippen molar-refractivity contribution in [1.82, 2.24) is 4.98 Å². The highest BCUT2D eigenvalue weighted by molar-refractivity contribution is 5.94. The van der Waals surface area contributed by atoms with Gasteiger partial charge in [0.25, 0.3) is 0 Å². The number of aromatic carboxylic acids is 1. The van der Waals surface area contributed by atoms with Crippen LogP contribution in [0.4, 0.5) is 5.82 Å². The molecule has 0 aromatic carbocycles. The molecule has 5 heteroatoms. The Morgan fingerprint density at radius 1 is 1.47 bits per heavy atom. The molecular formula is C14H18N2O3. The Labute approximate surface area is 112 Å². The third-order valence-corrected chi connectivity index (χ3v) is 3.99. The number of pyridine rings is 1. The van der Waals surface area contributed by atoms with Crippen LogP contribution in [-0.2, 0) is 4.74 Å². The van der Waals surface area contributed by atoms with E-state index in [0.717, 1.165) is 30.5 Å². The highest BCUT2D eigenvalue weighted by Crippen LogP contribution is 2.36. The van der Waals surface area contributed by atoms with E-state index >= 15 is 0 Å². The van der Waals surface area contributed by atoms with Crippen LogP contribution in [0.1, 0.15) is 40.9 Å². The van der Waals surface area contributed by atoms with Gasteiger partial charge in [-0.2, -0.15) is 0 Å². The average molecular weight is 262 g/mol. The number of nitrogens with one attached hydrogen (secondary N) is 1. The minimum absolute atomic E-state index is 0.186. The van der Waals surface area contributed by atoms with Gasteiger partial charge in [0.1, 0.15) is 11.4 Å². The predicted molar refractivity (Wildman–Crippen MR) is 70.6 cm³/mol. The van der Waals surface area contributed by atoms with Gasteiger partial charge in [0.05, 0.1) is 18.2 Å². The lowest BCUT2D eigenvalue weighted by Crippen LogP contribution is -2.31. The van der Waals surface area contributed by atoms with Crippen LogP contribution in [0.3, 0.4) is 0 Å². The van der Waals surface area contributed by atoms with Gasteiger partial charge in [-0.15, -0.1) is 0 Å². The van der Waals surface area contributed by atoms with Gasteiger partial charge in [0.2, 0.25) is 0 Å². The summed E-state index contributed by atoms with van der Waals surface area (Å²) < 4.78 is 5.78. The van der Waals surface area contributed by atoms with E-state index in [2.05, 4.69) is 10.3 Å². The van der Waals surface area contributed by atoms with Gasteiger partial charge in [-0.25, -0.2) is 9.78 Å². The maximum atomic E-state index is 11.4. The molecule has 5 nitrogen and oxygen atoms in total. The second-order valence-electron chi connectivity index (χ2n) is 5.47. The van der Waals surface area contributed by atoms with Gasteiger partial charge in [0.15, 0.2) is 0 Å². The molecule has 0 aliphatic carbocycles. The second-order valence-corrected chi connectivity index (χ2v) is 5.47. The topological polar surface area (TPSA) is 71.5 Å². The van der Waals surface area contributed by atoms with Crippen molar-refractivity contribution >= 4 is 11.8 Å². The molecule has 0 saturated carbocycles. The van der Waals surface area contributed by atoms with E-state index in [0.29, 0.717) is 11.9 Å². The fourth-order valence-electron chi connectivity index (χ4n) is 3.18. The van der Waals surface area contributed by atoms with Gasteiger partial charge in [-0.1, -0.05) is 0 Å². The molecular weight excluding hydrogens is 244 g/mol. The van der Waals surface area contributed by atoms with Gasteiger partial charge in [-0.05, 0) is 44.7 Å². The number of rotatable bonds is 3. The molecule has 2 aliphatic heterocycles. The number of carboxylic acids is 1. The van der Waals surface area contributed by atoms with E-state index in [-0.39, 0.29) is 17.7 Å². The molecule has 3 heterocycles. The van der Waals surface area contributed by atoms with Crippen LogP contribution in [0.25, 0.3) is 0 Å². The molecule has 0 radical (unpaired) electrons. The number of nitrogens with zero attached hydrogens (tertiary/aromatic N) is 1. The van der Waals surface area contributed by atoms with Crippen LogP contribution < -0.4 is 5.32 Å². The average Bonchev–Trinajstić information content (AvgIpc) is 2.88. The molecule has 1 aromatic rings. The summed E-state index contributed by atoms with van der Waals surface area (Å²) >= 11 is 0. The summed E-state index contributed by atoms with van der Waals surface area (Å²) in [7, 11) is 0. The molecule has 2 fully saturated rings. The third kappa shape index (κ3) is 2.18. The Morgan fingerprint density at radius 3 is 2.84 bits per heavy atom. The van der Waals surface area contributed by atoms with Crippen molar-refractivity contribution in [2.24, 2.45) is 0 Å². The Morgan fingerprint density at radius 2 is 2.26 bits per heavy atom. The molecule has 2 N–H and O–H groups in total. The molecule has 2 bridgehead atoms. The fourth-order valence-corrected chi connectivity index (χ4v) is 3.18. The first-order valence-electron chi connectivity index (χ1n) is 6.68. The molecule has 1 aromatic heterocycles. The number of aryl methyl sites for hydroxylation is 2. The summed E-state index contributed by atoms with van der Waals surface area (Å²) in [5.41, 5.74) is 1.84. The van der Waals surface area contributed by atoms with Crippen molar-refractivity contribution in [3.05, 3.63) is 22.9 Å². The van der Waals surface area contributed by atoms with Gasteiger partial charge in [0, 0.05) is 5.69 Å². The van der Waals surface area contributed by atoms with Gasteiger partial charge < -0.3 is 15.2 Å². The minimum Gasteiger partial charge on any atom is -0.478 e. The number of ether oxygens (including phenoxy) is 1. The zero-order valence-corrected chi connectivity index (χ0v) is 11.1. The van der Waals surface area contributed by atoms with Crippen molar-refractivity contribution in [1.29, 1.82) is 0 Å². The zero-order chi connectivity index (χ0) is 13.6. The van der Waals surface area contributed by atoms with E-state index in [1.807, 2.05) is 6.92 Å². The largest absolute Gasteiger partial charge is 0.478 e. The predicted octanol–water partition coefficient (Wildman–Crippen LogP) is 2.13. The van der Waals surface area contributed by atoms with Gasteiger partial charge >= 0.3 is 5.97 Å². The quantitative estimate of drug-likeness (QED) is 0.873. The molecule has 3 unspecified atom stereocenters. The number of fused-ring (bicyclic) bond motifs is 2. The first-order valence-corrected chi connectivity index (χ1v) is 6.68. The van der Waals surface area contributed by atoms with E-state index in [4.69, 9.17) is 4.74 Å². The summed E-state index contributed by atoms with van der Waals surface area (Å²) in [4.78, 5) is 15.7. The summed E-state index contributed by atoms with van der Waals surface area (Å²) in [6, 6.07) is 1.98. The van der Waals surface area contributed by atoms with E-state index < -0.39 is 5.97 Å². The van der Waals surface area contributed by atoms with Crippen LogP contribution in [0, 0.1) is 13.8 Å². The minimum atomic E-state index is -0.934. The third-order valence-electron chi connectivity index (χ3n) is 3.99. The van der Waals surface area contributed by atoms with Crippen molar-refractivity contribution in [3.63, 3.8) is 0 Å². The van der Waals surface area contributed by atoms with E-state index in [1.54, 1.807) is 13.0 Å². The van der Waals surface area contributed by atoms with Crippen LogP contribution >= 0.6 is 0 Å². The zero-order valence-electron chi connectivity index (χ0n) is 11.1. The summed E-state index contributed by atoms with van der Waals surface area (Å²) in [5.74, 6) is -0.456. The van der Waals surface area contributed by atoms with E-state index in [9.17, 15) is 9.90 Å². The molecule has 102 valence electrons. The van der Waals surface area contributed by atoms with Gasteiger partial charge in [-0.3, -0.25) is 0 Å². The maximum Gasteiger partial charge on any atom is 0.339 e. The summed E-state index contributed by atoms with van der Waals surface area (Å²) in [6.07, 6.45) is 3.65. The van der Waals surface area contributed by atoms with Crippen LogP contribution in [-0.4, -0.2) is 34.3 Å². The summed E-state index contributed by atoms with van der Waals surface area (Å²) in [5, 5.41) is 12.6. The van der Waals surface area contributed by atoms with E-state index in [1.165, 1.54) is 0 Å². The fraction of sp³-hybridized carbons (Fsp3) is 0.571. The van der Waals surface area contributed by atoms with Crippen LogP contribution in [0.2, 0.25) is 0 Å². The highest BCUT2D eigenvalue weighted by atomic mass is 16.5. The monoisotopic (exact) mass is 262 g/mol. The van der Waals surface area contributed by atoms with Crippen molar-refractivity contribution in [3.8, 4) is 0 Å². The molecule has 0 amide bonds. The maximum absolute atomic E-state index is 11.4. The molecule has 2 saturated heterocycles. The van der Waals surface area contributed by atoms with Crippen molar-refractivity contribution < 1.29 is 14.6 Å². The SMILES string of the molecule is Cc1cc(C)c(C(=O)O)c(NC2CC3CCC2O3)n1. The number of hydrogen-bond acceptors (Lipinski definition) is 4. The Hall–Kier alpha value is -1.62. The number of carbonyl (C=O) groups is 1. The number of carboxylic acid groups (broad SMARTS) is 1. The molecule has 3 atom stereocenters. The number of aromatic nitrogens is 1. The number of anilines is 1. The lowest BCUT2D eigenvalue weighted by atomic mass is 9.95. The molecule has 0 spiro atoms. The number of hydrogen-bond donors (Lipinski definition) is 2. The van der Waals surface area contributed by atoms with Crippen molar-refractivity contribution in [2.45, 2.75) is 51.4 Å². The molecule has 3 rings (SSSR count). The molecule has 2 aliphatic rings. The smallest absolute Gasteiger partial charge is 0.339 e. The first kappa shape index (κ1) is 12.4. The Kier molecular flexibility index (Phi) is 2.93. The second kappa shape index (κ2) is 4.49. The molecule has 19 heavy (non-hydrogen) atoms. The Balaban J connectivity index is 1.89.